The molecule has 4 aliphatic carbocycles. The van der Waals surface area contributed by atoms with E-state index >= 15 is 0 Å². The Morgan fingerprint density at radius 3 is 1.96 bits per heavy atom. The predicted octanol–water partition coefficient (Wildman–Crippen LogP) is 12.2. The van der Waals surface area contributed by atoms with Gasteiger partial charge in [0.2, 0.25) is 0 Å². The molecule has 4 nitrogen and oxygen atoms in total. The maximum atomic E-state index is 10.5. The Labute approximate surface area is 309 Å². The van der Waals surface area contributed by atoms with Gasteiger partial charge in [0.1, 0.15) is 5.75 Å². The topological polar surface area (TPSA) is 47.9 Å². The Morgan fingerprint density at radius 1 is 0.860 bits per heavy atom. The zero-order valence-electron chi connectivity index (χ0n) is 34.5. The van der Waals surface area contributed by atoms with Gasteiger partial charge in [-0.1, -0.05) is 90.8 Å². The summed E-state index contributed by atoms with van der Waals surface area (Å²) in [5.74, 6) is 4.18. The van der Waals surface area contributed by atoms with Crippen molar-refractivity contribution in [3.05, 3.63) is 53.1 Å². The number of benzene rings is 1. The van der Waals surface area contributed by atoms with Crippen molar-refractivity contribution in [3.63, 3.8) is 0 Å². The van der Waals surface area contributed by atoms with Crippen LogP contribution in [0.15, 0.2) is 47.6 Å². The van der Waals surface area contributed by atoms with Crippen LogP contribution in [0, 0.1) is 35.0 Å². The minimum Gasteiger partial charge on any atom is -0.493 e. The van der Waals surface area contributed by atoms with Crippen LogP contribution in [0.5, 0.6) is 5.75 Å². The molecule has 0 aliphatic heterocycles. The first-order valence-electron chi connectivity index (χ1n) is 20.1. The van der Waals surface area contributed by atoms with Crippen LogP contribution in [0.3, 0.4) is 0 Å². The molecule has 282 valence electrons. The zero-order chi connectivity index (χ0) is 37.1. The third kappa shape index (κ3) is 8.45. The van der Waals surface area contributed by atoms with Gasteiger partial charge in [-0.3, -0.25) is 0 Å². The van der Waals surface area contributed by atoms with Gasteiger partial charge in [0, 0.05) is 5.41 Å². The van der Waals surface area contributed by atoms with Gasteiger partial charge in [0.25, 0.3) is 0 Å². The van der Waals surface area contributed by atoms with E-state index in [9.17, 15) is 5.11 Å². The quantitative estimate of drug-likeness (QED) is 0.244. The molecule has 0 unspecified atom stereocenters. The Kier molecular flexibility index (Phi) is 11.4. The van der Waals surface area contributed by atoms with Crippen LogP contribution in [0.25, 0.3) is 0 Å². The summed E-state index contributed by atoms with van der Waals surface area (Å²) in [6.45, 7) is 33.3. The van der Waals surface area contributed by atoms with Gasteiger partial charge in [-0.05, 0) is 149 Å². The van der Waals surface area contributed by atoms with Crippen molar-refractivity contribution in [1.82, 2.24) is 0 Å². The Bertz CT molecular complexity index is 1360. The SMILES string of the molecule is C[C@@H]1CC/C(=C\C=C2C[C@@H](O[Si](C)(C)C(C)(C)C)C3(CC3)[C@H](O[Si](C)(C)C(C)(C)C)C2)[C@@H]2CC[C@@H]([C@@H](C)COc3cccc(C(C)(C)O)c3)[C@@H]12. The van der Waals surface area contributed by atoms with Crippen LogP contribution in [0.1, 0.15) is 126 Å². The summed E-state index contributed by atoms with van der Waals surface area (Å²) in [5, 5.41) is 10.9. The highest BCUT2D eigenvalue weighted by atomic mass is 28.4. The summed E-state index contributed by atoms with van der Waals surface area (Å²) in [4.78, 5) is 0. The molecule has 1 N–H and O–H groups in total. The molecule has 1 aromatic carbocycles. The van der Waals surface area contributed by atoms with E-state index in [1.54, 1.807) is 11.1 Å². The zero-order valence-corrected chi connectivity index (χ0v) is 36.5. The fraction of sp³-hybridized carbons (Fsp3) is 0.773. The predicted molar refractivity (Wildman–Crippen MR) is 216 cm³/mol. The molecular weight excluding hydrogens is 649 g/mol. The lowest BCUT2D eigenvalue weighted by Gasteiger charge is -2.49. The van der Waals surface area contributed by atoms with Crippen LogP contribution >= 0.6 is 0 Å². The van der Waals surface area contributed by atoms with Gasteiger partial charge < -0.3 is 18.7 Å². The van der Waals surface area contributed by atoms with Gasteiger partial charge in [0.15, 0.2) is 16.6 Å². The molecule has 1 spiro atoms. The normalized spacial score (nSPS) is 30.4. The van der Waals surface area contributed by atoms with Crippen LogP contribution in [0.4, 0.5) is 0 Å². The number of allylic oxidation sites excluding steroid dienone is 3. The summed E-state index contributed by atoms with van der Waals surface area (Å²) in [6.07, 6.45) is 15.3. The van der Waals surface area contributed by atoms with Crippen molar-refractivity contribution in [1.29, 1.82) is 0 Å². The molecule has 5 rings (SSSR count). The average molecular weight is 723 g/mol. The van der Waals surface area contributed by atoms with Crippen molar-refractivity contribution >= 4 is 16.6 Å². The lowest BCUT2D eigenvalue weighted by molar-refractivity contribution is -0.00939. The van der Waals surface area contributed by atoms with Crippen LogP contribution in [-0.4, -0.2) is 40.6 Å². The summed E-state index contributed by atoms with van der Waals surface area (Å²) >= 11 is 0. The largest absolute Gasteiger partial charge is 0.493 e. The summed E-state index contributed by atoms with van der Waals surface area (Å²) < 4.78 is 21.1. The van der Waals surface area contributed by atoms with E-state index in [0.29, 0.717) is 17.8 Å². The van der Waals surface area contributed by atoms with E-state index in [-0.39, 0.29) is 27.7 Å². The average Bonchev–Trinajstić information content (AvgIpc) is 3.66. The molecule has 0 saturated heterocycles. The highest BCUT2D eigenvalue weighted by molar-refractivity contribution is 6.74. The van der Waals surface area contributed by atoms with Gasteiger partial charge in [-0.15, -0.1) is 0 Å². The standard InChI is InChI=1S/C44H74O4Si2/c1-30-18-20-33(37-23-22-36(40(30)37)31(2)29-46-35-17-15-16-34(28-35)43(9,10)45)21-19-32-26-38(47-49(11,12)41(3,4)5)44(24-25-44)39(27-32)48-50(13,14)42(6,7)8/h15-17,19,21,28,30-31,36-40,45H,18,20,22-27,29H2,1-14H3/b33-21+/t30-,31+,36+,37+,38-,39-,40-/m1/s1. The van der Waals surface area contributed by atoms with E-state index in [4.69, 9.17) is 13.6 Å². The first-order valence-corrected chi connectivity index (χ1v) is 26.0. The van der Waals surface area contributed by atoms with E-state index in [2.05, 4.69) is 93.7 Å². The Hall–Kier alpha value is -1.19. The Morgan fingerprint density at radius 2 is 1.44 bits per heavy atom. The summed E-state index contributed by atoms with van der Waals surface area (Å²) in [6, 6.07) is 8.00. The maximum Gasteiger partial charge on any atom is 0.192 e. The number of hydrogen-bond acceptors (Lipinski definition) is 4. The van der Waals surface area contributed by atoms with Crippen LogP contribution < -0.4 is 4.74 Å². The molecule has 0 bridgehead atoms. The summed E-state index contributed by atoms with van der Waals surface area (Å²) in [5.41, 5.74) is 3.45. The highest BCUT2D eigenvalue weighted by Gasteiger charge is 2.61. The van der Waals surface area contributed by atoms with Gasteiger partial charge >= 0.3 is 0 Å². The fourth-order valence-electron chi connectivity index (χ4n) is 8.97. The van der Waals surface area contributed by atoms with E-state index in [1.807, 2.05) is 38.1 Å². The van der Waals surface area contributed by atoms with E-state index < -0.39 is 22.2 Å². The minimum atomic E-state index is -1.94. The minimum absolute atomic E-state index is 0.188. The van der Waals surface area contributed by atoms with Gasteiger partial charge in [-0.2, -0.15) is 0 Å². The molecule has 1 aromatic rings. The monoisotopic (exact) mass is 723 g/mol. The molecule has 0 radical (unpaired) electrons. The molecule has 50 heavy (non-hydrogen) atoms. The molecule has 7 atom stereocenters. The molecule has 0 aromatic heterocycles. The number of aliphatic hydroxyl groups is 1. The molecular formula is C44H74O4Si2. The second-order valence-electron chi connectivity index (χ2n) is 20.8. The molecule has 6 heteroatoms. The third-order valence-corrected chi connectivity index (χ3v) is 23.6. The van der Waals surface area contributed by atoms with Crippen molar-refractivity contribution < 1.29 is 18.7 Å². The lowest BCUT2D eigenvalue weighted by atomic mass is 9.67. The molecule has 0 heterocycles. The van der Waals surface area contributed by atoms with Crippen LogP contribution in [-0.2, 0) is 14.5 Å². The van der Waals surface area contributed by atoms with Crippen molar-refractivity contribution in [2.45, 2.75) is 175 Å². The van der Waals surface area contributed by atoms with Crippen LogP contribution in [0.2, 0.25) is 36.3 Å². The fourth-order valence-corrected chi connectivity index (χ4v) is 11.7. The number of rotatable bonds is 10. The highest BCUT2D eigenvalue weighted by Crippen LogP contribution is 2.62. The second-order valence-corrected chi connectivity index (χ2v) is 30.3. The van der Waals surface area contributed by atoms with Crippen molar-refractivity contribution in [3.8, 4) is 5.75 Å². The second kappa shape index (κ2) is 14.2. The molecule has 4 fully saturated rings. The maximum absolute atomic E-state index is 10.5. The van der Waals surface area contributed by atoms with Gasteiger partial charge in [-0.25, -0.2) is 0 Å². The number of fused-ring (bicyclic) bond motifs is 1. The Balaban J connectivity index is 1.34. The number of hydrogen-bond donors (Lipinski definition) is 1. The molecule has 4 aliphatic rings. The first-order chi connectivity index (χ1) is 23.0. The first kappa shape index (κ1) is 40.0. The van der Waals surface area contributed by atoms with Crippen molar-refractivity contribution in [2.24, 2.45) is 35.0 Å². The lowest BCUT2D eigenvalue weighted by Crippen LogP contribution is -2.54. The van der Waals surface area contributed by atoms with Gasteiger partial charge in [0.05, 0.1) is 24.4 Å². The van der Waals surface area contributed by atoms with E-state index in [0.717, 1.165) is 42.6 Å². The third-order valence-electron chi connectivity index (χ3n) is 14.6. The smallest absolute Gasteiger partial charge is 0.192 e. The summed E-state index contributed by atoms with van der Waals surface area (Å²) in [7, 11) is -3.89. The van der Waals surface area contributed by atoms with Crippen molar-refractivity contribution in [2.75, 3.05) is 6.61 Å². The molecule has 4 saturated carbocycles. The number of ether oxygens (including phenoxy) is 1. The molecule has 0 amide bonds. The van der Waals surface area contributed by atoms with E-state index in [1.165, 1.54) is 38.5 Å².